The summed E-state index contributed by atoms with van der Waals surface area (Å²) in [6.45, 7) is 3.70. The molecule has 4 aliphatic rings. The van der Waals surface area contributed by atoms with Gasteiger partial charge < -0.3 is 14.4 Å². The van der Waals surface area contributed by atoms with E-state index in [4.69, 9.17) is 9.47 Å². The average Bonchev–Trinajstić information content (AvgIpc) is 3.42. The quantitative estimate of drug-likeness (QED) is 0.798. The van der Waals surface area contributed by atoms with Crippen LogP contribution in [0.4, 0.5) is 5.69 Å². The lowest BCUT2D eigenvalue weighted by atomic mass is 9.76. The lowest BCUT2D eigenvalue weighted by Crippen LogP contribution is -2.39. The molecule has 2 atom stereocenters. The Morgan fingerprint density at radius 3 is 2.70 bits per heavy atom. The summed E-state index contributed by atoms with van der Waals surface area (Å²) in [6.07, 6.45) is 7.82. The van der Waals surface area contributed by atoms with Crippen LogP contribution in [-0.2, 0) is 23.0 Å². The number of ether oxygens (including phenoxy) is 2. The van der Waals surface area contributed by atoms with E-state index in [1.54, 1.807) is 5.56 Å². The minimum atomic E-state index is -0.0169. The number of aryl methyl sites for hydroxylation is 2. The summed E-state index contributed by atoms with van der Waals surface area (Å²) >= 11 is 0. The normalized spacial score (nSPS) is 28.1. The van der Waals surface area contributed by atoms with Gasteiger partial charge >= 0.3 is 0 Å². The van der Waals surface area contributed by atoms with Crippen LogP contribution in [0, 0.1) is 0 Å². The summed E-state index contributed by atoms with van der Waals surface area (Å²) in [7, 11) is 0. The Hall–Kier alpha value is -2.00. The number of nitrogens with zero attached hydrogens (tertiary/aromatic N) is 1. The van der Waals surface area contributed by atoms with E-state index in [1.807, 2.05) is 0 Å². The van der Waals surface area contributed by atoms with Gasteiger partial charge in [0.15, 0.2) is 0 Å². The highest BCUT2D eigenvalue weighted by Crippen LogP contribution is 2.52. The fourth-order valence-corrected chi connectivity index (χ4v) is 5.74. The Morgan fingerprint density at radius 1 is 1.00 bits per heavy atom. The largest absolute Gasteiger partial charge is 0.492 e. The predicted molar refractivity (Wildman–Crippen MR) is 107 cm³/mol. The third kappa shape index (κ3) is 2.37. The van der Waals surface area contributed by atoms with Crippen molar-refractivity contribution in [3.63, 3.8) is 0 Å². The van der Waals surface area contributed by atoms with Crippen LogP contribution in [-0.4, -0.2) is 32.4 Å². The van der Waals surface area contributed by atoms with Crippen LogP contribution in [0.1, 0.15) is 47.9 Å². The van der Waals surface area contributed by atoms with E-state index in [1.165, 1.54) is 60.9 Å². The number of hydrogen-bond acceptors (Lipinski definition) is 3. The first-order valence-corrected chi connectivity index (χ1v) is 10.6. The van der Waals surface area contributed by atoms with Crippen molar-refractivity contribution in [2.24, 2.45) is 0 Å². The summed E-state index contributed by atoms with van der Waals surface area (Å²) in [4.78, 5) is 2.56. The molecule has 0 radical (unpaired) electrons. The molecule has 0 aromatic heterocycles. The van der Waals surface area contributed by atoms with Crippen LogP contribution < -0.4 is 9.64 Å². The van der Waals surface area contributed by atoms with Crippen LogP contribution in [0.15, 0.2) is 36.4 Å². The topological polar surface area (TPSA) is 21.7 Å². The molecule has 27 heavy (non-hydrogen) atoms. The zero-order chi connectivity index (χ0) is 17.8. The Morgan fingerprint density at radius 2 is 1.85 bits per heavy atom. The summed E-state index contributed by atoms with van der Waals surface area (Å²) in [5.74, 6) is 1.13. The molecule has 1 unspecified atom stereocenters. The van der Waals surface area contributed by atoms with Gasteiger partial charge in [-0.25, -0.2) is 0 Å². The molecular weight excluding hydrogens is 334 g/mol. The van der Waals surface area contributed by atoms with Crippen molar-refractivity contribution in [3.8, 4) is 5.75 Å². The second-order valence-corrected chi connectivity index (χ2v) is 8.73. The Labute approximate surface area is 161 Å². The fraction of sp³-hybridized carbons (Fsp3) is 0.500. The van der Waals surface area contributed by atoms with Gasteiger partial charge in [0.25, 0.3) is 0 Å². The molecule has 1 spiro atoms. The zero-order valence-corrected chi connectivity index (χ0v) is 15.9. The highest BCUT2D eigenvalue weighted by Gasteiger charge is 2.50. The molecule has 6 rings (SSSR count). The molecule has 0 amide bonds. The van der Waals surface area contributed by atoms with Gasteiger partial charge in [-0.15, -0.1) is 0 Å². The maximum Gasteiger partial charge on any atom is 0.123 e. The molecule has 1 fully saturated rings. The predicted octanol–water partition coefficient (Wildman–Crippen LogP) is 4.24. The van der Waals surface area contributed by atoms with Crippen LogP contribution in [0.3, 0.4) is 0 Å². The van der Waals surface area contributed by atoms with Crippen molar-refractivity contribution in [1.82, 2.24) is 0 Å². The van der Waals surface area contributed by atoms with Gasteiger partial charge in [0.1, 0.15) is 12.4 Å². The van der Waals surface area contributed by atoms with Crippen molar-refractivity contribution >= 4 is 5.69 Å². The van der Waals surface area contributed by atoms with E-state index in [9.17, 15) is 0 Å². The van der Waals surface area contributed by atoms with Gasteiger partial charge in [-0.1, -0.05) is 24.3 Å². The summed E-state index contributed by atoms with van der Waals surface area (Å²) in [5.41, 5.74) is 7.29. The maximum absolute atomic E-state index is 6.32. The van der Waals surface area contributed by atoms with Crippen molar-refractivity contribution in [2.45, 2.75) is 50.0 Å². The van der Waals surface area contributed by atoms with Gasteiger partial charge in [0.2, 0.25) is 0 Å². The molecule has 3 heteroatoms. The van der Waals surface area contributed by atoms with Crippen LogP contribution >= 0.6 is 0 Å². The lowest BCUT2D eigenvalue weighted by molar-refractivity contribution is 0.115. The third-order valence-electron chi connectivity index (χ3n) is 7.10. The van der Waals surface area contributed by atoms with Crippen LogP contribution in [0.5, 0.6) is 5.75 Å². The first-order chi connectivity index (χ1) is 13.3. The van der Waals surface area contributed by atoms with Crippen molar-refractivity contribution < 1.29 is 9.47 Å². The molecule has 2 aromatic carbocycles. The van der Waals surface area contributed by atoms with Gasteiger partial charge in [-0.05, 0) is 67.3 Å². The molecule has 1 saturated heterocycles. The monoisotopic (exact) mass is 361 g/mol. The molecule has 0 bridgehead atoms. The summed E-state index contributed by atoms with van der Waals surface area (Å²) in [6, 6.07) is 13.8. The summed E-state index contributed by atoms with van der Waals surface area (Å²) in [5, 5.41) is 0. The Bertz CT molecular complexity index is 886. The first-order valence-electron chi connectivity index (χ1n) is 10.6. The van der Waals surface area contributed by atoms with Crippen molar-refractivity contribution in [2.75, 3.05) is 31.2 Å². The summed E-state index contributed by atoms with van der Waals surface area (Å²) < 4.78 is 12.3. The zero-order valence-electron chi connectivity index (χ0n) is 15.9. The average molecular weight is 361 g/mol. The SMILES string of the molecule is c1ccc2c(c1)N(C[C@H]1CCCO1)CC21COc2cc3c(cc21)CCCC3. The second kappa shape index (κ2) is 6.00. The van der Waals surface area contributed by atoms with E-state index < -0.39 is 0 Å². The molecule has 3 nitrogen and oxygen atoms in total. The van der Waals surface area contributed by atoms with Gasteiger partial charge in [-0.3, -0.25) is 0 Å². The highest BCUT2D eigenvalue weighted by molar-refractivity contribution is 5.69. The number of para-hydroxylation sites is 1. The Balaban J connectivity index is 1.43. The molecule has 1 aliphatic carbocycles. The molecule has 0 saturated carbocycles. The fourth-order valence-electron chi connectivity index (χ4n) is 5.74. The van der Waals surface area contributed by atoms with Crippen molar-refractivity contribution in [1.29, 1.82) is 0 Å². The smallest absolute Gasteiger partial charge is 0.123 e. The maximum atomic E-state index is 6.32. The number of rotatable bonds is 2. The standard InChI is InChI=1S/C24H27NO2/c1-2-7-18-13-23-21(12-17(18)6-1)24(16-27-23)15-25(14-19-8-5-11-26-19)22-10-4-3-9-20(22)24/h3-4,9-10,12-13,19H,1-2,5-8,11,14-16H2/t19-,24?/m1/s1. The first kappa shape index (κ1) is 16.0. The number of anilines is 1. The minimum Gasteiger partial charge on any atom is -0.492 e. The van der Waals surface area contributed by atoms with Gasteiger partial charge in [0.05, 0.1) is 11.5 Å². The number of fused-ring (bicyclic) bond motifs is 5. The second-order valence-electron chi connectivity index (χ2n) is 8.73. The number of hydrogen-bond donors (Lipinski definition) is 0. The van der Waals surface area contributed by atoms with E-state index in [0.29, 0.717) is 6.10 Å². The number of benzene rings is 2. The Kier molecular flexibility index (Phi) is 3.56. The van der Waals surface area contributed by atoms with E-state index in [-0.39, 0.29) is 5.41 Å². The highest BCUT2D eigenvalue weighted by atomic mass is 16.5. The van der Waals surface area contributed by atoms with Crippen LogP contribution in [0.25, 0.3) is 0 Å². The van der Waals surface area contributed by atoms with E-state index in [0.717, 1.165) is 32.1 Å². The third-order valence-corrected chi connectivity index (χ3v) is 7.10. The van der Waals surface area contributed by atoms with Crippen LogP contribution in [0.2, 0.25) is 0 Å². The van der Waals surface area contributed by atoms with E-state index >= 15 is 0 Å². The van der Waals surface area contributed by atoms with Gasteiger partial charge in [-0.2, -0.15) is 0 Å². The molecule has 3 aliphatic heterocycles. The lowest BCUT2D eigenvalue weighted by Gasteiger charge is -2.27. The van der Waals surface area contributed by atoms with Crippen molar-refractivity contribution in [3.05, 3.63) is 58.7 Å². The minimum absolute atomic E-state index is 0.0169. The molecule has 0 N–H and O–H groups in total. The molecule has 2 aromatic rings. The van der Waals surface area contributed by atoms with Gasteiger partial charge in [0, 0.05) is 30.9 Å². The molecular formula is C24H27NO2. The van der Waals surface area contributed by atoms with E-state index in [2.05, 4.69) is 41.3 Å². The molecule has 140 valence electrons. The molecule has 3 heterocycles.